The van der Waals surface area contributed by atoms with E-state index in [1.165, 1.54) is 5.56 Å². The summed E-state index contributed by atoms with van der Waals surface area (Å²) in [6.45, 7) is 6.30. The number of benzene rings is 1. The van der Waals surface area contributed by atoms with Gasteiger partial charge in [0.2, 0.25) is 0 Å². The van der Waals surface area contributed by atoms with Gasteiger partial charge in [0.15, 0.2) is 0 Å². The second-order valence-corrected chi connectivity index (χ2v) is 4.49. The van der Waals surface area contributed by atoms with Crippen molar-refractivity contribution in [3.8, 4) is 0 Å². The summed E-state index contributed by atoms with van der Waals surface area (Å²) in [4.78, 5) is 13.4. The van der Waals surface area contributed by atoms with Crippen molar-refractivity contribution in [3.63, 3.8) is 0 Å². The van der Waals surface area contributed by atoms with E-state index in [2.05, 4.69) is 19.9 Å². The quantitative estimate of drug-likeness (QED) is 0.727. The van der Waals surface area contributed by atoms with Crippen LogP contribution in [0.1, 0.15) is 41.3 Å². The molecule has 0 saturated heterocycles. The highest BCUT2D eigenvalue weighted by molar-refractivity contribution is 5.94. The summed E-state index contributed by atoms with van der Waals surface area (Å²) in [6, 6.07) is 6.06. The zero-order valence-electron chi connectivity index (χ0n) is 10.2. The van der Waals surface area contributed by atoms with Crippen molar-refractivity contribution in [2.45, 2.75) is 26.7 Å². The summed E-state index contributed by atoms with van der Waals surface area (Å²) in [5.41, 5.74) is 3.15. The first-order valence-corrected chi connectivity index (χ1v) is 5.25. The average molecular weight is 205 g/mol. The Morgan fingerprint density at radius 1 is 1.20 bits per heavy atom. The van der Waals surface area contributed by atoms with Gasteiger partial charge in [-0.25, -0.2) is 0 Å². The Hall–Kier alpha value is -1.31. The molecule has 0 unspecified atom stereocenters. The topological polar surface area (TPSA) is 20.3 Å². The van der Waals surface area contributed by atoms with E-state index in [1.807, 2.05) is 19.1 Å². The molecule has 0 aliphatic rings. The van der Waals surface area contributed by atoms with Gasteiger partial charge >= 0.3 is 0 Å². The van der Waals surface area contributed by atoms with Crippen LogP contribution in [0.5, 0.6) is 0 Å². The summed E-state index contributed by atoms with van der Waals surface area (Å²) in [5, 5.41) is 0. The van der Waals surface area contributed by atoms with Crippen molar-refractivity contribution in [2.24, 2.45) is 0 Å². The van der Waals surface area contributed by atoms with Gasteiger partial charge in [-0.05, 0) is 30.5 Å². The molecule has 0 radical (unpaired) electrons. The normalized spacial score (nSPS) is 10.5. The molecule has 2 nitrogen and oxygen atoms in total. The third-order valence-electron chi connectivity index (χ3n) is 2.42. The predicted molar refractivity (Wildman–Crippen MR) is 63.3 cm³/mol. The summed E-state index contributed by atoms with van der Waals surface area (Å²) >= 11 is 0. The van der Waals surface area contributed by atoms with Crippen LogP contribution in [0.2, 0.25) is 0 Å². The standard InChI is InChI=1S/C13H19NO/c1-9(2)11-6-10(3)7-12(8-11)13(15)14(4)5/h6-9H,1-5H3. The molecule has 0 fully saturated rings. The lowest BCUT2D eigenvalue weighted by Crippen LogP contribution is -2.21. The van der Waals surface area contributed by atoms with Crippen molar-refractivity contribution in [3.05, 3.63) is 34.9 Å². The second kappa shape index (κ2) is 4.47. The molecule has 0 aliphatic heterocycles. The van der Waals surface area contributed by atoms with Gasteiger partial charge < -0.3 is 4.90 Å². The van der Waals surface area contributed by atoms with Gasteiger partial charge in [0.05, 0.1) is 0 Å². The number of carbonyl (C=O) groups excluding carboxylic acids is 1. The van der Waals surface area contributed by atoms with E-state index in [-0.39, 0.29) is 5.91 Å². The first kappa shape index (κ1) is 11.8. The summed E-state index contributed by atoms with van der Waals surface area (Å²) in [5.74, 6) is 0.527. The van der Waals surface area contributed by atoms with Crippen molar-refractivity contribution in [1.82, 2.24) is 4.90 Å². The molecule has 0 bridgehead atoms. The maximum Gasteiger partial charge on any atom is 0.253 e. The Kier molecular flexibility index (Phi) is 3.51. The lowest BCUT2D eigenvalue weighted by molar-refractivity contribution is 0.0827. The molecule has 1 amide bonds. The van der Waals surface area contributed by atoms with Gasteiger partial charge in [-0.1, -0.05) is 25.5 Å². The zero-order valence-corrected chi connectivity index (χ0v) is 10.2. The fraction of sp³-hybridized carbons (Fsp3) is 0.462. The van der Waals surface area contributed by atoms with E-state index < -0.39 is 0 Å². The van der Waals surface area contributed by atoms with Crippen LogP contribution in [0.15, 0.2) is 18.2 Å². The Balaban J connectivity index is 3.14. The van der Waals surface area contributed by atoms with E-state index in [1.54, 1.807) is 19.0 Å². The van der Waals surface area contributed by atoms with Crippen LogP contribution in [0, 0.1) is 6.92 Å². The third kappa shape index (κ3) is 2.82. The fourth-order valence-electron chi connectivity index (χ4n) is 1.53. The minimum absolute atomic E-state index is 0.0700. The molecule has 0 atom stereocenters. The molecule has 0 spiro atoms. The van der Waals surface area contributed by atoms with Gasteiger partial charge in [-0.2, -0.15) is 0 Å². The Morgan fingerprint density at radius 2 is 1.80 bits per heavy atom. The fourth-order valence-corrected chi connectivity index (χ4v) is 1.53. The van der Waals surface area contributed by atoms with E-state index in [0.717, 1.165) is 11.1 Å². The van der Waals surface area contributed by atoms with Crippen molar-refractivity contribution < 1.29 is 4.79 Å². The Labute approximate surface area is 91.9 Å². The highest BCUT2D eigenvalue weighted by atomic mass is 16.2. The SMILES string of the molecule is Cc1cc(C(=O)N(C)C)cc(C(C)C)c1. The number of amides is 1. The molecule has 15 heavy (non-hydrogen) atoms. The Morgan fingerprint density at radius 3 is 2.27 bits per heavy atom. The molecular weight excluding hydrogens is 186 g/mol. The smallest absolute Gasteiger partial charge is 0.253 e. The van der Waals surface area contributed by atoms with Gasteiger partial charge in [0.1, 0.15) is 0 Å². The molecular formula is C13H19NO. The van der Waals surface area contributed by atoms with Crippen molar-refractivity contribution >= 4 is 5.91 Å². The van der Waals surface area contributed by atoms with Crippen molar-refractivity contribution in [2.75, 3.05) is 14.1 Å². The number of aryl methyl sites for hydroxylation is 1. The van der Waals surface area contributed by atoms with Crippen LogP contribution in [0.3, 0.4) is 0 Å². The van der Waals surface area contributed by atoms with E-state index in [9.17, 15) is 4.79 Å². The van der Waals surface area contributed by atoms with Crippen LogP contribution in [-0.2, 0) is 0 Å². The van der Waals surface area contributed by atoms with Gasteiger partial charge in [0, 0.05) is 19.7 Å². The minimum Gasteiger partial charge on any atom is -0.345 e. The summed E-state index contributed by atoms with van der Waals surface area (Å²) in [6.07, 6.45) is 0. The molecule has 0 aromatic heterocycles. The van der Waals surface area contributed by atoms with E-state index in [4.69, 9.17) is 0 Å². The second-order valence-electron chi connectivity index (χ2n) is 4.49. The van der Waals surface area contributed by atoms with Gasteiger partial charge in [-0.15, -0.1) is 0 Å². The molecule has 1 rings (SSSR count). The third-order valence-corrected chi connectivity index (χ3v) is 2.42. The number of nitrogens with zero attached hydrogens (tertiary/aromatic N) is 1. The molecule has 82 valence electrons. The molecule has 1 aromatic rings. The molecule has 2 heteroatoms. The van der Waals surface area contributed by atoms with Gasteiger partial charge in [-0.3, -0.25) is 4.79 Å². The largest absolute Gasteiger partial charge is 0.345 e. The summed E-state index contributed by atoms with van der Waals surface area (Å²) in [7, 11) is 3.55. The van der Waals surface area contributed by atoms with Crippen LogP contribution < -0.4 is 0 Å². The highest BCUT2D eigenvalue weighted by Gasteiger charge is 2.10. The lowest BCUT2D eigenvalue weighted by Gasteiger charge is -2.13. The predicted octanol–water partition coefficient (Wildman–Crippen LogP) is 2.82. The summed E-state index contributed by atoms with van der Waals surface area (Å²) < 4.78 is 0. The molecule has 0 N–H and O–H groups in total. The van der Waals surface area contributed by atoms with Crippen LogP contribution in [-0.4, -0.2) is 24.9 Å². The van der Waals surface area contributed by atoms with Crippen LogP contribution >= 0.6 is 0 Å². The Bertz CT molecular complexity index is 367. The van der Waals surface area contributed by atoms with Crippen LogP contribution in [0.25, 0.3) is 0 Å². The monoisotopic (exact) mass is 205 g/mol. The van der Waals surface area contributed by atoms with E-state index in [0.29, 0.717) is 5.92 Å². The highest BCUT2D eigenvalue weighted by Crippen LogP contribution is 2.18. The number of hydrogen-bond acceptors (Lipinski definition) is 1. The lowest BCUT2D eigenvalue weighted by atomic mass is 9.98. The number of carbonyl (C=O) groups is 1. The number of hydrogen-bond donors (Lipinski definition) is 0. The minimum atomic E-state index is 0.0700. The average Bonchev–Trinajstić information content (AvgIpc) is 2.15. The van der Waals surface area contributed by atoms with E-state index >= 15 is 0 Å². The van der Waals surface area contributed by atoms with Crippen molar-refractivity contribution in [1.29, 1.82) is 0 Å². The number of rotatable bonds is 2. The van der Waals surface area contributed by atoms with Gasteiger partial charge in [0.25, 0.3) is 5.91 Å². The van der Waals surface area contributed by atoms with Crippen LogP contribution in [0.4, 0.5) is 0 Å². The molecule has 0 saturated carbocycles. The maximum absolute atomic E-state index is 11.8. The first-order chi connectivity index (χ1) is 6.91. The maximum atomic E-state index is 11.8. The molecule has 0 aliphatic carbocycles. The first-order valence-electron chi connectivity index (χ1n) is 5.25. The molecule has 0 heterocycles. The zero-order chi connectivity index (χ0) is 11.6. The molecule has 1 aromatic carbocycles.